The van der Waals surface area contributed by atoms with Crippen LogP contribution in [0.15, 0.2) is 52.7 Å². The zero-order valence-electron chi connectivity index (χ0n) is 11.8. The van der Waals surface area contributed by atoms with Crippen molar-refractivity contribution >= 4 is 45.5 Å². The zero-order valence-corrected chi connectivity index (χ0v) is 13.5. The fraction of sp³-hybridized carbons (Fsp3) is 0.0625. The summed E-state index contributed by atoms with van der Waals surface area (Å²) in [6.07, 6.45) is 3.24. The summed E-state index contributed by atoms with van der Waals surface area (Å²) in [5.74, 6) is -0.145. The van der Waals surface area contributed by atoms with Gasteiger partial charge in [0.2, 0.25) is 0 Å². The first-order valence-corrected chi connectivity index (χ1v) is 8.44. The van der Waals surface area contributed by atoms with Gasteiger partial charge in [0.15, 0.2) is 5.13 Å². The lowest BCUT2D eigenvalue weighted by molar-refractivity contribution is -0.113. The summed E-state index contributed by atoms with van der Waals surface area (Å²) in [4.78, 5) is 22.8. The van der Waals surface area contributed by atoms with Gasteiger partial charge in [-0.15, -0.1) is 22.7 Å². The second-order valence-electron chi connectivity index (χ2n) is 4.53. The molecule has 6 heteroatoms. The molecule has 0 aliphatic carbocycles. The van der Waals surface area contributed by atoms with Crippen LogP contribution in [0.1, 0.15) is 11.4 Å². The van der Waals surface area contributed by atoms with Gasteiger partial charge in [-0.3, -0.25) is 9.69 Å². The molecule has 0 unspecified atom stereocenters. The summed E-state index contributed by atoms with van der Waals surface area (Å²) in [5.41, 5.74) is 4.22. The topological polar surface area (TPSA) is 46.1 Å². The van der Waals surface area contributed by atoms with Crippen LogP contribution < -0.4 is 4.90 Å². The summed E-state index contributed by atoms with van der Waals surface area (Å²) in [5, 5.41) is 4.49. The number of hydrogen-bond donors (Lipinski definition) is 0. The maximum atomic E-state index is 12.6. The minimum atomic E-state index is -0.145. The minimum Gasteiger partial charge on any atom is -0.269 e. The highest BCUT2D eigenvalue weighted by molar-refractivity contribution is 7.14. The molecule has 3 rings (SSSR count). The zero-order chi connectivity index (χ0) is 15.4. The number of amides is 1. The largest absolute Gasteiger partial charge is 0.269 e. The Morgan fingerprint density at radius 2 is 2.05 bits per heavy atom. The fourth-order valence-electron chi connectivity index (χ4n) is 1.89. The summed E-state index contributed by atoms with van der Waals surface area (Å²) in [6, 6.07) is 9.52. The van der Waals surface area contributed by atoms with Crippen molar-refractivity contribution in [2.75, 3.05) is 4.90 Å². The predicted molar refractivity (Wildman–Crippen MR) is 91.6 cm³/mol. The Labute approximate surface area is 136 Å². The lowest BCUT2D eigenvalue weighted by atomic mass is 10.3. The number of carbonyl (C=O) groups is 1. The van der Waals surface area contributed by atoms with Crippen molar-refractivity contribution in [1.82, 2.24) is 9.97 Å². The average molecular weight is 327 g/mol. The van der Waals surface area contributed by atoms with Gasteiger partial charge < -0.3 is 0 Å². The minimum absolute atomic E-state index is 0.145. The van der Waals surface area contributed by atoms with Crippen LogP contribution in [0.2, 0.25) is 0 Å². The third-order valence-corrected chi connectivity index (χ3v) is 4.43. The Hall–Kier alpha value is -2.31. The summed E-state index contributed by atoms with van der Waals surface area (Å²) in [7, 11) is 0. The number of aromatic nitrogens is 2. The molecular weight excluding hydrogens is 314 g/mol. The van der Waals surface area contributed by atoms with Crippen molar-refractivity contribution < 1.29 is 4.79 Å². The van der Waals surface area contributed by atoms with E-state index in [0.717, 1.165) is 17.1 Å². The maximum Gasteiger partial charge on any atom is 0.257 e. The molecule has 2 heterocycles. The molecule has 110 valence electrons. The van der Waals surface area contributed by atoms with Crippen LogP contribution in [0.4, 0.5) is 10.8 Å². The summed E-state index contributed by atoms with van der Waals surface area (Å²) < 4.78 is 0. The number of anilines is 2. The quantitative estimate of drug-likeness (QED) is 0.672. The molecule has 0 fully saturated rings. The molecule has 0 N–H and O–H groups in total. The molecule has 22 heavy (non-hydrogen) atoms. The van der Waals surface area contributed by atoms with E-state index in [0.29, 0.717) is 5.13 Å². The average Bonchev–Trinajstić information content (AvgIpc) is 3.18. The van der Waals surface area contributed by atoms with Gasteiger partial charge in [0.05, 0.1) is 22.6 Å². The van der Waals surface area contributed by atoms with Crippen LogP contribution in [-0.4, -0.2) is 15.9 Å². The lowest BCUT2D eigenvalue weighted by Crippen LogP contribution is -2.23. The Morgan fingerprint density at radius 1 is 1.23 bits per heavy atom. The van der Waals surface area contributed by atoms with Crippen molar-refractivity contribution in [1.29, 1.82) is 0 Å². The van der Waals surface area contributed by atoms with Crippen LogP contribution in [0.5, 0.6) is 0 Å². The van der Waals surface area contributed by atoms with E-state index in [1.807, 2.05) is 48.0 Å². The Kier molecular flexibility index (Phi) is 4.41. The first-order valence-electron chi connectivity index (χ1n) is 6.61. The fourth-order valence-corrected chi connectivity index (χ4v) is 3.24. The van der Waals surface area contributed by atoms with Gasteiger partial charge in [0.25, 0.3) is 5.91 Å². The number of hydrogen-bond acceptors (Lipinski definition) is 5. The summed E-state index contributed by atoms with van der Waals surface area (Å²) >= 11 is 2.95. The van der Waals surface area contributed by atoms with Crippen LogP contribution in [0.3, 0.4) is 0 Å². The van der Waals surface area contributed by atoms with Gasteiger partial charge in [0.1, 0.15) is 0 Å². The van der Waals surface area contributed by atoms with Gasteiger partial charge in [-0.1, -0.05) is 18.2 Å². The standard InChI is InChI=1S/C16H13N3OS2/c1-12-9-22-16(18-12)19(14-5-3-2-4-6-14)15(20)8-7-13-10-21-11-17-13/h2-11H,1H3/b8-7-. The molecule has 1 amide bonds. The van der Waals surface area contributed by atoms with Crippen molar-refractivity contribution in [3.63, 3.8) is 0 Å². The van der Waals surface area contributed by atoms with Crippen molar-refractivity contribution in [3.05, 3.63) is 64.1 Å². The van der Waals surface area contributed by atoms with Gasteiger partial charge >= 0.3 is 0 Å². The van der Waals surface area contributed by atoms with E-state index in [9.17, 15) is 4.79 Å². The molecule has 0 bridgehead atoms. The van der Waals surface area contributed by atoms with Crippen molar-refractivity contribution in [3.8, 4) is 0 Å². The molecule has 3 aromatic rings. The first kappa shape index (κ1) is 14.6. The molecule has 0 spiro atoms. The van der Waals surface area contributed by atoms with Crippen LogP contribution in [0.25, 0.3) is 6.08 Å². The second-order valence-corrected chi connectivity index (χ2v) is 6.08. The summed E-state index contributed by atoms with van der Waals surface area (Å²) in [6.45, 7) is 1.92. The highest BCUT2D eigenvalue weighted by atomic mass is 32.1. The van der Waals surface area contributed by atoms with Crippen LogP contribution >= 0.6 is 22.7 Å². The molecule has 2 aromatic heterocycles. The van der Waals surface area contributed by atoms with Gasteiger partial charge in [-0.25, -0.2) is 9.97 Å². The second kappa shape index (κ2) is 6.64. The SMILES string of the molecule is Cc1csc(N(C(=O)/C=C\c2cscn2)c2ccccc2)n1. The normalized spacial score (nSPS) is 11.0. The maximum absolute atomic E-state index is 12.6. The molecular formula is C16H13N3OS2. The van der Waals surface area contributed by atoms with Gasteiger partial charge in [0, 0.05) is 16.8 Å². The predicted octanol–water partition coefficient (Wildman–Crippen LogP) is 4.29. The highest BCUT2D eigenvalue weighted by Crippen LogP contribution is 2.28. The Bertz CT molecular complexity index is 779. The number of thiazole rings is 2. The number of aryl methyl sites for hydroxylation is 1. The van der Waals surface area contributed by atoms with E-state index in [-0.39, 0.29) is 5.91 Å². The third kappa shape index (κ3) is 3.29. The third-order valence-electron chi connectivity index (χ3n) is 2.88. The molecule has 0 aliphatic heterocycles. The van der Waals surface area contributed by atoms with E-state index in [1.54, 1.807) is 16.5 Å². The molecule has 0 saturated carbocycles. The van der Waals surface area contributed by atoms with E-state index >= 15 is 0 Å². The van der Waals surface area contributed by atoms with Crippen LogP contribution in [0, 0.1) is 6.92 Å². The highest BCUT2D eigenvalue weighted by Gasteiger charge is 2.18. The van der Waals surface area contributed by atoms with Crippen LogP contribution in [-0.2, 0) is 4.79 Å². The van der Waals surface area contributed by atoms with Crippen molar-refractivity contribution in [2.45, 2.75) is 6.92 Å². The van der Waals surface area contributed by atoms with Gasteiger partial charge in [-0.2, -0.15) is 0 Å². The number of para-hydroxylation sites is 1. The molecule has 0 aliphatic rings. The van der Waals surface area contributed by atoms with Gasteiger partial charge in [-0.05, 0) is 25.1 Å². The first-order chi connectivity index (χ1) is 10.7. The Balaban J connectivity index is 1.93. The van der Waals surface area contributed by atoms with E-state index in [1.165, 1.54) is 28.7 Å². The monoisotopic (exact) mass is 327 g/mol. The Morgan fingerprint density at radius 3 is 2.68 bits per heavy atom. The van der Waals surface area contributed by atoms with E-state index in [4.69, 9.17) is 0 Å². The smallest absolute Gasteiger partial charge is 0.257 e. The molecule has 0 radical (unpaired) electrons. The molecule has 0 saturated heterocycles. The molecule has 4 nitrogen and oxygen atoms in total. The van der Waals surface area contributed by atoms with E-state index < -0.39 is 0 Å². The van der Waals surface area contributed by atoms with Crippen molar-refractivity contribution in [2.24, 2.45) is 0 Å². The number of benzene rings is 1. The number of carbonyl (C=O) groups excluding carboxylic acids is 1. The number of rotatable bonds is 4. The molecule has 0 atom stereocenters. The number of nitrogens with zero attached hydrogens (tertiary/aromatic N) is 3. The lowest BCUT2D eigenvalue weighted by Gasteiger charge is -2.18. The van der Waals surface area contributed by atoms with E-state index in [2.05, 4.69) is 9.97 Å². The molecule has 1 aromatic carbocycles.